The maximum atomic E-state index is 12.8. The van der Waals surface area contributed by atoms with Crippen molar-refractivity contribution >= 4 is 5.97 Å². The van der Waals surface area contributed by atoms with Crippen LogP contribution in [0.15, 0.2) is 60.7 Å². The molecule has 4 rings (SSSR count). The molecule has 184 valence electrons. The molecule has 0 bridgehead atoms. The summed E-state index contributed by atoms with van der Waals surface area (Å²) in [6, 6.07) is 20.6. The van der Waals surface area contributed by atoms with Crippen molar-refractivity contribution in [2.45, 2.75) is 13.3 Å². The molecule has 3 aromatic carbocycles. The second kappa shape index (κ2) is 12.5. The third kappa shape index (κ3) is 6.09. The first kappa shape index (κ1) is 24.9. The maximum absolute atomic E-state index is 12.8. The Labute approximate surface area is 206 Å². The molecule has 0 N–H and O–H groups in total. The lowest BCUT2D eigenvalue weighted by Crippen LogP contribution is -2.14. The Bertz CT molecular complexity index is 1140. The molecule has 35 heavy (non-hydrogen) atoms. The van der Waals surface area contributed by atoms with Crippen LogP contribution in [0, 0.1) is 0 Å². The molecule has 0 aliphatic heterocycles. The molecular formula is C29H32O6. The second-order valence-electron chi connectivity index (χ2n) is 8.16. The molecule has 0 saturated carbocycles. The lowest BCUT2D eigenvalue weighted by atomic mass is 9.94. The molecule has 6 nitrogen and oxygen atoms in total. The summed E-state index contributed by atoms with van der Waals surface area (Å²) < 4.78 is 27.1. The Balaban J connectivity index is 1.46. The monoisotopic (exact) mass is 476 g/mol. The van der Waals surface area contributed by atoms with Gasteiger partial charge in [0.25, 0.3) is 0 Å². The van der Waals surface area contributed by atoms with Crippen LogP contribution >= 0.6 is 0 Å². The number of benzene rings is 3. The van der Waals surface area contributed by atoms with Gasteiger partial charge in [-0.25, -0.2) is 4.79 Å². The van der Waals surface area contributed by atoms with Gasteiger partial charge in [0, 0.05) is 7.11 Å². The quantitative estimate of drug-likeness (QED) is 0.196. The van der Waals surface area contributed by atoms with Gasteiger partial charge in [0.2, 0.25) is 0 Å². The van der Waals surface area contributed by atoms with Crippen molar-refractivity contribution in [3.05, 3.63) is 77.4 Å². The van der Waals surface area contributed by atoms with Crippen LogP contribution < -0.4 is 4.74 Å². The zero-order valence-corrected chi connectivity index (χ0v) is 20.4. The summed E-state index contributed by atoms with van der Waals surface area (Å²) in [5.41, 5.74) is 7.63. The molecule has 6 heteroatoms. The van der Waals surface area contributed by atoms with Crippen molar-refractivity contribution in [3.63, 3.8) is 0 Å². The summed E-state index contributed by atoms with van der Waals surface area (Å²) >= 11 is 0. The van der Waals surface area contributed by atoms with Gasteiger partial charge < -0.3 is 23.7 Å². The summed E-state index contributed by atoms with van der Waals surface area (Å²) in [6.45, 7) is 4.88. The first-order valence-corrected chi connectivity index (χ1v) is 12.0. The normalized spacial score (nSPS) is 11.7. The number of hydrogen-bond acceptors (Lipinski definition) is 6. The van der Waals surface area contributed by atoms with Gasteiger partial charge in [0.1, 0.15) is 17.9 Å². The standard InChI is InChI=1S/C29H32O6/c1-3-34-29(30)27-20-22(11-12-28(27)35-18-17-33-16-15-32-14-13-31-2)24-9-6-10-25-23-8-5-4-7-21(23)19-26(24)25/h4-12,20H,3,13-19H2,1-2H3. The Morgan fingerprint density at radius 3 is 2.31 bits per heavy atom. The first-order chi connectivity index (χ1) is 17.2. The van der Waals surface area contributed by atoms with Crippen LogP contribution in [-0.4, -0.2) is 59.3 Å². The summed E-state index contributed by atoms with van der Waals surface area (Å²) in [7, 11) is 1.64. The SMILES string of the molecule is CCOC(=O)c1cc(-c2cccc3c2Cc2ccccc2-3)ccc1OCCOCCOCCOC. The van der Waals surface area contributed by atoms with Crippen LogP contribution in [-0.2, 0) is 25.4 Å². The van der Waals surface area contributed by atoms with E-state index in [4.69, 9.17) is 23.7 Å². The van der Waals surface area contributed by atoms with E-state index in [2.05, 4.69) is 42.5 Å². The smallest absolute Gasteiger partial charge is 0.341 e. The summed E-state index contributed by atoms with van der Waals surface area (Å²) in [5, 5.41) is 0. The highest BCUT2D eigenvalue weighted by Gasteiger charge is 2.22. The van der Waals surface area contributed by atoms with Gasteiger partial charge >= 0.3 is 5.97 Å². The van der Waals surface area contributed by atoms with Gasteiger partial charge in [-0.05, 0) is 58.9 Å². The van der Waals surface area contributed by atoms with Crippen LogP contribution in [0.5, 0.6) is 5.75 Å². The van der Waals surface area contributed by atoms with Gasteiger partial charge in [-0.1, -0.05) is 48.5 Å². The van der Waals surface area contributed by atoms with E-state index in [0.717, 1.165) is 17.5 Å². The molecule has 3 aromatic rings. The van der Waals surface area contributed by atoms with Crippen molar-refractivity contribution in [2.75, 3.05) is 53.4 Å². The molecule has 0 amide bonds. The fourth-order valence-corrected chi connectivity index (χ4v) is 4.29. The molecule has 0 aromatic heterocycles. The lowest BCUT2D eigenvalue weighted by molar-refractivity contribution is 0.0178. The van der Waals surface area contributed by atoms with Gasteiger partial charge in [-0.15, -0.1) is 0 Å². The number of methoxy groups -OCH3 is 1. The topological polar surface area (TPSA) is 63.2 Å². The summed E-state index contributed by atoms with van der Waals surface area (Å²) in [4.78, 5) is 12.8. The molecular weight excluding hydrogens is 444 g/mol. The highest BCUT2D eigenvalue weighted by atomic mass is 16.6. The third-order valence-electron chi connectivity index (χ3n) is 5.93. The zero-order valence-electron chi connectivity index (χ0n) is 20.4. The summed E-state index contributed by atoms with van der Waals surface area (Å²) in [6.07, 6.45) is 0.876. The molecule has 0 fully saturated rings. The Morgan fingerprint density at radius 1 is 0.800 bits per heavy atom. The fourth-order valence-electron chi connectivity index (χ4n) is 4.29. The molecule has 0 heterocycles. The number of ether oxygens (including phenoxy) is 5. The molecule has 0 unspecified atom stereocenters. The van der Waals surface area contributed by atoms with E-state index in [-0.39, 0.29) is 0 Å². The van der Waals surface area contributed by atoms with E-state index in [1.807, 2.05) is 18.2 Å². The van der Waals surface area contributed by atoms with E-state index in [1.165, 1.54) is 22.3 Å². The Hall–Kier alpha value is -3.19. The van der Waals surface area contributed by atoms with E-state index in [9.17, 15) is 4.79 Å². The van der Waals surface area contributed by atoms with Gasteiger partial charge in [-0.3, -0.25) is 0 Å². The van der Waals surface area contributed by atoms with Crippen molar-refractivity contribution in [3.8, 4) is 28.0 Å². The summed E-state index contributed by atoms with van der Waals surface area (Å²) in [5.74, 6) is 0.0932. The molecule has 1 aliphatic carbocycles. The van der Waals surface area contributed by atoms with Gasteiger partial charge in [0.05, 0.1) is 39.6 Å². The average molecular weight is 477 g/mol. The largest absolute Gasteiger partial charge is 0.490 e. The zero-order chi connectivity index (χ0) is 24.5. The molecule has 0 atom stereocenters. The number of rotatable bonds is 13. The number of hydrogen-bond donors (Lipinski definition) is 0. The second-order valence-corrected chi connectivity index (χ2v) is 8.16. The molecule has 0 spiro atoms. The van der Waals surface area contributed by atoms with Crippen LogP contribution in [0.3, 0.4) is 0 Å². The molecule has 0 radical (unpaired) electrons. The van der Waals surface area contributed by atoms with E-state index in [1.54, 1.807) is 14.0 Å². The first-order valence-electron chi connectivity index (χ1n) is 12.0. The number of carbonyl (C=O) groups excluding carboxylic acids is 1. The Kier molecular flexibility index (Phi) is 8.90. The van der Waals surface area contributed by atoms with E-state index >= 15 is 0 Å². The molecule has 1 aliphatic rings. The van der Waals surface area contributed by atoms with E-state index < -0.39 is 5.97 Å². The van der Waals surface area contributed by atoms with Gasteiger partial charge in [0.15, 0.2) is 0 Å². The molecule has 0 saturated heterocycles. The minimum Gasteiger partial charge on any atom is -0.490 e. The van der Waals surface area contributed by atoms with Crippen molar-refractivity contribution in [1.29, 1.82) is 0 Å². The van der Waals surface area contributed by atoms with Crippen molar-refractivity contribution < 1.29 is 28.5 Å². The maximum Gasteiger partial charge on any atom is 0.341 e. The van der Waals surface area contributed by atoms with Crippen molar-refractivity contribution in [2.24, 2.45) is 0 Å². The van der Waals surface area contributed by atoms with Crippen LogP contribution in [0.1, 0.15) is 28.4 Å². The number of fused-ring (bicyclic) bond motifs is 3. The van der Waals surface area contributed by atoms with Crippen LogP contribution in [0.2, 0.25) is 0 Å². The predicted molar refractivity (Wildman–Crippen MR) is 135 cm³/mol. The average Bonchev–Trinajstić information content (AvgIpc) is 3.27. The third-order valence-corrected chi connectivity index (χ3v) is 5.93. The Morgan fingerprint density at radius 2 is 1.51 bits per heavy atom. The predicted octanol–water partition coefficient (Wildman–Crippen LogP) is 5.16. The van der Waals surface area contributed by atoms with Crippen LogP contribution in [0.4, 0.5) is 0 Å². The number of esters is 1. The number of carbonyl (C=O) groups is 1. The highest BCUT2D eigenvalue weighted by Crippen LogP contribution is 2.42. The fraction of sp³-hybridized carbons (Fsp3) is 0.345. The lowest BCUT2D eigenvalue weighted by Gasteiger charge is -2.15. The van der Waals surface area contributed by atoms with Gasteiger partial charge in [-0.2, -0.15) is 0 Å². The minimum absolute atomic E-state index is 0.296. The highest BCUT2D eigenvalue weighted by molar-refractivity contribution is 5.95. The minimum atomic E-state index is -0.396. The van der Waals surface area contributed by atoms with Crippen LogP contribution in [0.25, 0.3) is 22.3 Å². The van der Waals surface area contributed by atoms with Crippen molar-refractivity contribution in [1.82, 2.24) is 0 Å². The van der Waals surface area contributed by atoms with E-state index in [0.29, 0.717) is 57.6 Å².